The molecule has 21 heavy (non-hydrogen) atoms. The van der Waals surface area contributed by atoms with E-state index >= 15 is 0 Å². The molecule has 0 atom stereocenters. The minimum atomic E-state index is 0.519. The maximum atomic E-state index is 6.20. The van der Waals surface area contributed by atoms with Crippen LogP contribution in [0.5, 0.6) is 11.5 Å². The molecule has 0 spiro atoms. The predicted molar refractivity (Wildman–Crippen MR) is 86.2 cm³/mol. The van der Waals surface area contributed by atoms with Gasteiger partial charge in [-0.25, -0.2) is 0 Å². The van der Waals surface area contributed by atoms with Crippen molar-refractivity contribution in [3.63, 3.8) is 0 Å². The van der Waals surface area contributed by atoms with Gasteiger partial charge in [-0.3, -0.25) is 0 Å². The summed E-state index contributed by atoms with van der Waals surface area (Å²) in [5.41, 5.74) is 1.79. The molecule has 1 N–H and O–H groups in total. The Bertz CT molecular complexity index is 676. The highest BCUT2D eigenvalue weighted by molar-refractivity contribution is 6.36. The minimum absolute atomic E-state index is 0.519. The highest BCUT2D eigenvalue weighted by Gasteiger charge is 2.16. The van der Waals surface area contributed by atoms with Crippen molar-refractivity contribution in [2.45, 2.75) is 6.54 Å². The first-order valence-electron chi connectivity index (χ1n) is 6.40. The Balaban J connectivity index is 1.77. The van der Waals surface area contributed by atoms with Crippen molar-refractivity contribution in [1.82, 2.24) is 0 Å². The van der Waals surface area contributed by atoms with E-state index in [2.05, 4.69) is 5.32 Å². The van der Waals surface area contributed by atoms with Crippen LogP contribution < -0.4 is 14.8 Å². The van der Waals surface area contributed by atoms with Crippen molar-refractivity contribution < 1.29 is 9.47 Å². The van der Waals surface area contributed by atoms with Gasteiger partial charge in [-0.2, -0.15) is 0 Å². The van der Waals surface area contributed by atoms with Gasteiger partial charge in [0.25, 0.3) is 0 Å². The minimum Gasteiger partial charge on any atom is -0.486 e. The predicted octanol–water partition coefficient (Wildman–Crippen LogP) is 5.03. The molecule has 3 rings (SSSR count). The molecule has 6 heteroatoms. The van der Waals surface area contributed by atoms with Crippen LogP contribution in [0.15, 0.2) is 30.3 Å². The molecule has 0 saturated carbocycles. The number of anilines is 1. The summed E-state index contributed by atoms with van der Waals surface area (Å²) >= 11 is 18.2. The number of fused-ring (bicyclic) bond motifs is 1. The number of ether oxygens (including phenoxy) is 2. The molecule has 3 nitrogen and oxygen atoms in total. The van der Waals surface area contributed by atoms with E-state index < -0.39 is 0 Å². The Morgan fingerprint density at radius 3 is 2.57 bits per heavy atom. The molecule has 2 aromatic rings. The molecular formula is C15H12Cl3NO2. The molecule has 0 amide bonds. The lowest BCUT2D eigenvalue weighted by Gasteiger charge is -2.20. The van der Waals surface area contributed by atoms with Crippen LogP contribution in [0.1, 0.15) is 5.56 Å². The number of rotatable bonds is 3. The number of hydrogen-bond donors (Lipinski definition) is 1. The van der Waals surface area contributed by atoms with Gasteiger partial charge in [0.1, 0.15) is 13.2 Å². The molecule has 0 unspecified atom stereocenters. The third-order valence-corrected chi connectivity index (χ3v) is 3.90. The van der Waals surface area contributed by atoms with Crippen molar-refractivity contribution in [2.75, 3.05) is 18.5 Å². The first-order chi connectivity index (χ1) is 10.1. The fourth-order valence-corrected chi connectivity index (χ4v) is 2.86. The lowest BCUT2D eigenvalue weighted by Crippen LogP contribution is -2.16. The van der Waals surface area contributed by atoms with E-state index in [1.54, 1.807) is 12.1 Å². The Hall–Kier alpha value is -1.29. The van der Waals surface area contributed by atoms with Gasteiger partial charge in [0.15, 0.2) is 11.5 Å². The Kier molecular flexibility index (Phi) is 4.34. The molecule has 0 bridgehead atoms. The summed E-state index contributed by atoms with van der Waals surface area (Å²) in [6, 6.07) is 9.09. The smallest absolute Gasteiger partial charge is 0.179 e. The van der Waals surface area contributed by atoms with Gasteiger partial charge >= 0.3 is 0 Å². The summed E-state index contributed by atoms with van der Waals surface area (Å²) in [4.78, 5) is 0. The Morgan fingerprint density at radius 2 is 1.76 bits per heavy atom. The highest BCUT2D eigenvalue weighted by atomic mass is 35.5. The van der Waals surface area contributed by atoms with Gasteiger partial charge in [-0.15, -0.1) is 0 Å². The molecule has 0 aliphatic carbocycles. The monoisotopic (exact) mass is 343 g/mol. The SMILES string of the molecule is Clc1ccc(NCc2cc(Cl)c3c(c2)OCCO3)c(Cl)c1. The Labute approximate surface area is 137 Å². The molecule has 2 aromatic carbocycles. The average Bonchev–Trinajstić information content (AvgIpc) is 2.46. The van der Waals surface area contributed by atoms with E-state index in [9.17, 15) is 0 Å². The van der Waals surface area contributed by atoms with Crippen LogP contribution in [0.25, 0.3) is 0 Å². The van der Waals surface area contributed by atoms with Crippen LogP contribution in [0, 0.1) is 0 Å². The van der Waals surface area contributed by atoms with Crippen LogP contribution in [0.3, 0.4) is 0 Å². The molecular weight excluding hydrogens is 333 g/mol. The van der Waals surface area contributed by atoms with Crippen LogP contribution >= 0.6 is 34.8 Å². The summed E-state index contributed by atoms with van der Waals surface area (Å²) in [5.74, 6) is 1.28. The van der Waals surface area contributed by atoms with Crippen molar-refractivity contribution in [3.8, 4) is 11.5 Å². The maximum Gasteiger partial charge on any atom is 0.179 e. The second kappa shape index (κ2) is 6.22. The Morgan fingerprint density at radius 1 is 0.952 bits per heavy atom. The first kappa shape index (κ1) is 14.6. The van der Waals surface area contributed by atoms with Crippen molar-refractivity contribution in [1.29, 1.82) is 0 Å². The largest absolute Gasteiger partial charge is 0.486 e. The molecule has 0 fully saturated rings. The fourth-order valence-electron chi connectivity index (χ4n) is 2.10. The van der Waals surface area contributed by atoms with Crippen LogP contribution in [0.2, 0.25) is 15.1 Å². The van der Waals surface area contributed by atoms with Gasteiger partial charge in [-0.1, -0.05) is 34.8 Å². The van der Waals surface area contributed by atoms with E-state index in [1.807, 2.05) is 18.2 Å². The van der Waals surface area contributed by atoms with Crippen molar-refractivity contribution in [3.05, 3.63) is 51.0 Å². The first-order valence-corrected chi connectivity index (χ1v) is 7.54. The molecule has 0 radical (unpaired) electrons. The molecule has 0 saturated heterocycles. The molecule has 1 aliphatic rings. The second-order valence-corrected chi connectivity index (χ2v) is 5.83. The zero-order chi connectivity index (χ0) is 14.8. The quantitative estimate of drug-likeness (QED) is 0.847. The zero-order valence-electron chi connectivity index (χ0n) is 11.0. The van der Waals surface area contributed by atoms with E-state index in [4.69, 9.17) is 44.3 Å². The summed E-state index contributed by atoms with van der Waals surface area (Å²) in [6.45, 7) is 1.62. The lowest BCUT2D eigenvalue weighted by atomic mass is 10.2. The topological polar surface area (TPSA) is 30.5 Å². The number of nitrogens with one attached hydrogen (secondary N) is 1. The van der Waals surface area contributed by atoms with E-state index in [1.165, 1.54) is 0 Å². The molecule has 1 aliphatic heterocycles. The van der Waals surface area contributed by atoms with E-state index in [0.29, 0.717) is 46.3 Å². The lowest BCUT2D eigenvalue weighted by molar-refractivity contribution is 0.171. The average molecular weight is 345 g/mol. The third-order valence-electron chi connectivity index (χ3n) is 3.07. The van der Waals surface area contributed by atoms with Crippen molar-refractivity contribution >= 4 is 40.5 Å². The number of hydrogen-bond acceptors (Lipinski definition) is 3. The van der Waals surface area contributed by atoms with Gasteiger partial charge in [0.2, 0.25) is 0 Å². The third kappa shape index (κ3) is 3.31. The second-order valence-electron chi connectivity index (χ2n) is 4.58. The van der Waals surface area contributed by atoms with Gasteiger partial charge in [0.05, 0.1) is 15.7 Å². The normalized spacial score (nSPS) is 13.1. The molecule has 1 heterocycles. The van der Waals surface area contributed by atoms with Gasteiger partial charge in [0, 0.05) is 11.6 Å². The summed E-state index contributed by atoms with van der Waals surface area (Å²) in [6.07, 6.45) is 0. The summed E-state index contributed by atoms with van der Waals surface area (Å²) < 4.78 is 11.0. The summed E-state index contributed by atoms with van der Waals surface area (Å²) in [5, 5.41) is 4.97. The van der Waals surface area contributed by atoms with Crippen LogP contribution in [0.4, 0.5) is 5.69 Å². The highest BCUT2D eigenvalue weighted by Crippen LogP contribution is 2.38. The van der Waals surface area contributed by atoms with Gasteiger partial charge in [-0.05, 0) is 35.9 Å². The van der Waals surface area contributed by atoms with Gasteiger partial charge < -0.3 is 14.8 Å². The van der Waals surface area contributed by atoms with Crippen LogP contribution in [-0.4, -0.2) is 13.2 Å². The van der Waals surface area contributed by atoms with E-state index in [-0.39, 0.29) is 0 Å². The maximum absolute atomic E-state index is 6.20. The standard InChI is InChI=1S/C15H12Cl3NO2/c16-10-1-2-13(11(17)7-10)19-8-9-5-12(18)15-14(6-9)20-3-4-21-15/h1-2,5-7,19H,3-4,8H2. The number of benzene rings is 2. The zero-order valence-corrected chi connectivity index (χ0v) is 13.2. The fraction of sp³-hybridized carbons (Fsp3) is 0.200. The van der Waals surface area contributed by atoms with Crippen molar-refractivity contribution in [2.24, 2.45) is 0 Å². The molecule has 110 valence electrons. The van der Waals surface area contributed by atoms with E-state index in [0.717, 1.165) is 11.3 Å². The number of halogens is 3. The van der Waals surface area contributed by atoms with Crippen LogP contribution in [-0.2, 0) is 6.54 Å². The summed E-state index contributed by atoms with van der Waals surface area (Å²) in [7, 11) is 0. The molecule has 0 aromatic heterocycles.